The zero-order chi connectivity index (χ0) is 19.6. The molecule has 2 N–H and O–H groups in total. The minimum Gasteiger partial charge on any atom is -0.350 e. The van der Waals surface area contributed by atoms with E-state index in [1.165, 1.54) is 11.0 Å². The molecule has 0 aromatic heterocycles. The van der Waals surface area contributed by atoms with Crippen molar-refractivity contribution in [2.75, 3.05) is 36.4 Å². The maximum atomic E-state index is 13.2. The summed E-state index contributed by atoms with van der Waals surface area (Å²) in [6.45, 7) is 5.84. The van der Waals surface area contributed by atoms with Crippen molar-refractivity contribution in [1.82, 2.24) is 15.1 Å². The molecule has 27 heavy (non-hydrogen) atoms. The molecular weight excluding hydrogens is 363 g/mol. The molecular formula is C17H20F3N5O2. The summed E-state index contributed by atoms with van der Waals surface area (Å²) in [5, 5.41) is 5.33. The van der Waals surface area contributed by atoms with Crippen LogP contribution in [0.2, 0.25) is 0 Å². The highest BCUT2D eigenvalue weighted by molar-refractivity contribution is 6.10. The van der Waals surface area contributed by atoms with Gasteiger partial charge in [-0.05, 0) is 31.3 Å². The number of hydrogen-bond acceptors (Lipinski definition) is 5. The molecule has 2 bridgehead atoms. The number of fused-ring (bicyclic) bond motifs is 3. The van der Waals surface area contributed by atoms with E-state index in [0.29, 0.717) is 31.9 Å². The summed E-state index contributed by atoms with van der Waals surface area (Å²) in [6.07, 6.45) is -5.01. The smallest absolute Gasteiger partial charge is 0.350 e. The first kappa shape index (κ1) is 17.9. The van der Waals surface area contributed by atoms with Crippen LogP contribution >= 0.6 is 0 Å². The number of rotatable bonds is 3. The summed E-state index contributed by atoms with van der Waals surface area (Å²) in [6, 6.07) is 2.95. The Morgan fingerprint density at radius 2 is 1.93 bits per heavy atom. The van der Waals surface area contributed by atoms with Gasteiger partial charge >= 0.3 is 12.2 Å². The van der Waals surface area contributed by atoms with E-state index in [-0.39, 0.29) is 5.69 Å². The van der Waals surface area contributed by atoms with Crippen LogP contribution in [0, 0.1) is 0 Å². The van der Waals surface area contributed by atoms with Gasteiger partial charge in [-0.3, -0.25) is 19.9 Å². The third-order valence-electron chi connectivity index (χ3n) is 5.59. The Bertz CT molecular complexity index is 810. The van der Waals surface area contributed by atoms with E-state index in [2.05, 4.69) is 10.6 Å². The van der Waals surface area contributed by atoms with Crippen LogP contribution in [0.25, 0.3) is 0 Å². The Kier molecular flexibility index (Phi) is 3.81. The van der Waals surface area contributed by atoms with Crippen molar-refractivity contribution >= 4 is 23.3 Å². The average Bonchev–Trinajstić information content (AvgIpc) is 2.84. The average molecular weight is 383 g/mol. The maximum absolute atomic E-state index is 13.2. The molecule has 146 valence electrons. The number of piperazine rings is 1. The van der Waals surface area contributed by atoms with Gasteiger partial charge in [-0.25, -0.2) is 4.79 Å². The van der Waals surface area contributed by atoms with Crippen LogP contribution in [0.15, 0.2) is 18.2 Å². The molecule has 10 heteroatoms. The van der Waals surface area contributed by atoms with Crippen molar-refractivity contribution < 1.29 is 22.8 Å². The molecule has 1 spiro atoms. The lowest BCUT2D eigenvalue weighted by Crippen LogP contribution is -2.78. The number of urea groups is 1. The van der Waals surface area contributed by atoms with Gasteiger partial charge in [-0.1, -0.05) is 13.8 Å². The SMILES string of the molecule is CCN(CC)C1N2CCN3C(=O)NC(=O)C13Nc1cc(C(F)(F)F)ccc12. The third kappa shape index (κ3) is 2.32. The normalized spacial score (nSPS) is 26.7. The molecule has 7 nitrogen and oxygen atoms in total. The Morgan fingerprint density at radius 3 is 2.56 bits per heavy atom. The van der Waals surface area contributed by atoms with Crippen LogP contribution in [0.1, 0.15) is 19.4 Å². The fourth-order valence-corrected chi connectivity index (χ4v) is 4.37. The lowest BCUT2D eigenvalue weighted by molar-refractivity contribution is -0.137. The number of benzene rings is 1. The summed E-state index contributed by atoms with van der Waals surface area (Å²) < 4.78 is 39.5. The molecule has 2 fully saturated rings. The number of nitrogens with one attached hydrogen (secondary N) is 2. The minimum absolute atomic E-state index is 0.197. The van der Waals surface area contributed by atoms with E-state index < -0.39 is 35.5 Å². The quantitative estimate of drug-likeness (QED) is 0.780. The number of alkyl halides is 3. The van der Waals surface area contributed by atoms with Gasteiger partial charge < -0.3 is 10.2 Å². The van der Waals surface area contributed by atoms with Gasteiger partial charge in [0.1, 0.15) is 6.17 Å². The van der Waals surface area contributed by atoms with E-state index in [0.717, 1.165) is 12.1 Å². The molecule has 2 unspecified atom stereocenters. The number of carbonyl (C=O) groups excluding carboxylic acids is 2. The minimum atomic E-state index is -4.50. The Labute approximate surface area is 154 Å². The lowest BCUT2D eigenvalue weighted by Gasteiger charge is -2.58. The van der Waals surface area contributed by atoms with Gasteiger partial charge in [0.25, 0.3) is 5.91 Å². The fraction of sp³-hybridized carbons (Fsp3) is 0.529. The molecule has 0 saturated carbocycles. The Hall–Kier alpha value is -2.49. The van der Waals surface area contributed by atoms with Crippen LogP contribution < -0.4 is 15.5 Å². The van der Waals surface area contributed by atoms with Crippen LogP contribution in [0.5, 0.6) is 0 Å². The van der Waals surface area contributed by atoms with Crippen LogP contribution in [0.3, 0.4) is 0 Å². The number of carbonyl (C=O) groups is 2. The number of likely N-dealkylation sites (N-methyl/N-ethyl adjacent to an activating group) is 1. The van der Waals surface area contributed by atoms with Gasteiger partial charge in [0.05, 0.1) is 16.9 Å². The number of anilines is 2. The van der Waals surface area contributed by atoms with E-state index in [4.69, 9.17) is 0 Å². The number of nitrogens with zero attached hydrogens (tertiary/aromatic N) is 3. The molecule has 3 aliphatic heterocycles. The highest BCUT2D eigenvalue weighted by atomic mass is 19.4. The predicted octanol–water partition coefficient (Wildman–Crippen LogP) is 1.87. The third-order valence-corrected chi connectivity index (χ3v) is 5.59. The predicted molar refractivity (Wildman–Crippen MR) is 92.1 cm³/mol. The van der Waals surface area contributed by atoms with E-state index in [1.807, 2.05) is 23.6 Å². The van der Waals surface area contributed by atoms with Crippen LogP contribution in [-0.4, -0.2) is 59.7 Å². The standard InChI is InChI=1S/C17H20F3N5O2/c1-3-23(4-2)14-16-13(26)21-15(27)25(16)8-7-24(14)12-6-5-10(17(18,19)20)9-11(12)22-16/h5-6,9,14,22H,3-4,7-8H2,1-2H3,(H,21,26,27). The maximum Gasteiger partial charge on any atom is 0.416 e. The van der Waals surface area contributed by atoms with Crippen molar-refractivity contribution in [3.63, 3.8) is 0 Å². The second-order valence-corrected chi connectivity index (χ2v) is 6.82. The second kappa shape index (κ2) is 5.75. The largest absolute Gasteiger partial charge is 0.416 e. The monoisotopic (exact) mass is 383 g/mol. The van der Waals surface area contributed by atoms with E-state index >= 15 is 0 Å². The van der Waals surface area contributed by atoms with Crippen LogP contribution in [-0.2, 0) is 11.0 Å². The first-order valence-electron chi connectivity index (χ1n) is 8.87. The Balaban J connectivity index is 1.91. The number of imide groups is 1. The molecule has 1 aromatic rings. The van der Waals surface area contributed by atoms with Gasteiger partial charge in [0.15, 0.2) is 0 Å². The van der Waals surface area contributed by atoms with E-state index in [9.17, 15) is 22.8 Å². The zero-order valence-electron chi connectivity index (χ0n) is 14.9. The van der Waals surface area contributed by atoms with Crippen molar-refractivity contribution in [2.24, 2.45) is 0 Å². The van der Waals surface area contributed by atoms with Gasteiger partial charge in [0, 0.05) is 13.1 Å². The molecule has 4 rings (SSSR count). The zero-order valence-corrected chi connectivity index (χ0v) is 14.9. The molecule has 2 atom stereocenters. The topological polar surface area (TPSA) is 67.9 Å². The van der Waals surface area contributed by atoms with Gasteiger partial charge in [-0.2, -0.15) is 13.2 Å². The van der Waals surface area contributed by atoms with Gasteiger partial charge in [0.2, 0.25) is 5.66 Å². The summed E-state index contributed by atoms with van der Waals surface area (Å²) in [5.74, 6) is -0.544. The first-order chi connectivity index (χ1) is 12.7. The molecule has 2 saturated heterocycles. The Morgan fingerprint density at radius 1 is 1.22 bits per heavy atom. The summed E-state index contributed by atoms with van der Waals surface area (Å²) >= 11 is 0. The fourth-order valence-electron chi connectivity index (χ4n) is 4.37. The first-order valence-corrected chi connectivity index (χ1v) is 8.87. The van der Waals surface area contributed by atoms with Crippen molar-refractivity contribution in [3.8, 4) is 0 Å². The van der Waals surface area contributed by atoms with Crippen molar-refractivity contribution in [3.05, 3.63) is 23.8 Å². The second-order valence-electron chi connectivity index (χ2n) is 6.82. The molecule has 1 aromatic carbocycles. The highest BCUT2D eigenvalue weighted by Gasteiger charge is 2.65. The summed E-state index contributed by atoms with van der Waals surface area (Å²) in [7, 11) is 0. The summed E-state index contributed by atoms with van der Waals surface area (Å²) in [5.41, 5.74) is -1.47. The van der Waals surface area contributed by atoms with Gasteiger partial charge in [-0.15, -0.1) is 0 Å². The molecule has 3 amide bonds. The highest BCUT2D eigenvalue weighted by Crippen LogP contribution is 2.47. The van der Waals surface area contributed by atoms with Crippen molar-refractivity contribution in [2.45, 2.75) is 31.9 Å². The van der Waals surface area contributed by atoms with Crippen LogP contribution in [0.4, 0.5) is 29.3 Å². The molecule has 0 radical (unpaired) electrons. The lowest BCUT2D eigenvalue weighted by atomic mass is 9.93. The van der Waals surface area contributed by atoms with Crippen molar-refractivity contribution in [1.29, 1.82) is 0 Å². The molecule has 0 aliphatic carbocycles. The van der Waals surface area contributed by atoms with E-state index in [1.54, 1.807) is 0 Å². The molecule has 3 heterocycles. The summed E-state index contributed by atoms with van der Waals surface area (Å²) in [4.78, 5) is 30.6. The number of halogens is 3. The molecule has 3 aliphatic rings. The number of hydrogen-bond donors (Lipinski definition) is 2. The number of amides is 3.